The molecule has 0 fully saturated rings. The molecule has 0 spiro atoms. The van der Waals surface area contributed by atoms with Crippen LogP contribution in [-0.2, 0) is 17.8 Å². The van der Waals surface area contributed by atoms with Crippen LogP contribution in [0.3, 0.4) is 0 Å². The monoisotopic (exact) mass is 395 g/mol. The minimum atomic E-state index is -0.301. The van der Waals surface area contributed by atoms with E-state index in [0.717, 1.165) is 18.7 Å². The van der Waals surface area contributed by atoms with Gasteiger partial charge in [0.2, 0.25) is 11.1 Å². The number of ether oxygens (including phenoxy) is 1. The number of amides is 1. The van der Waals surface area contributed by atoms with Crippen LogP contribution in [0.1, 0.15) is 18.1 Å². The van der Waals surface area contributed by atoms with E-state index in [1.807, 2.05) is 48.2 Å². The standard InChI is InChI=1S/C20H21N5O2S/c1-14(19(26)24-12-11-15-7-3-4-8-16(15)13-24)28-20-21-22-23-25(20)17-9-5-6-10-18(17)27-2/h3-10,14H,11-13H2,1-2H3. The van der Waals surface area contributed by atoms with Crippen molar-refractivity contribution in [3.05, 3.63) is 59.7 Å². The zero-order valence-corrected chi connectivity index (χ0v) is 16.6. The molecular formula is C20H21N5O2S. The summed E-state index contributed by atoms with van der Waals surface area (Å²) in [6.45, 7) is 3.28. The highest BCUT2D eigenvalue weighted by molar-refractivity contribution is 8.00. The second kappa shape index (κ2) is 8.02. The predicted octanol–water partition coefficient (Wildman–Crippen LogP) is 2.74. The topological polar surface area (TPSA) is 73.1 Å². The maximum atomic E-state index is 13.0. The molecule has 0 N–H and O–H groups in total. The van der Waals surface area contributed by atoms with Gasteiger partial charge in [0.05, 0.1) is 12.4 Å². The Balaban J connectivity index is 1.50. The summed E-state index contributed by atoms with van der Waals surface area (Å²) in [4.78, 5) is 14.9. The zero-order chi connectivity index (χ0) is 19.5. The van der Waals surface area contributed by atoms with Crippen LogP contribution in [0.2, 0.25) is 0 Å². The van der Waals surface area contributed by atoms with E-state index in [1.54, 1.807) is 11.8 Å². The first-order valence-electron chi connectivity index (χ1n) is 9.11. The van der Waals surface area contributed by atoms with Crippen molar-refractivity contribution >= 4 is 17.7 Å². The Kier molecular flexibility index (Phi) is 5.29. The molecule has 28 heavy (non-hydrogen) atoms. The fourth-order valence-corrected chi connectivity index (χ4v) is 4.24. The van der Waals surface area contributed by atoms with Crippen LogP contribution in [-0.4, -0.2) is 49.9 Å². The highest BCUT2D eigenvalue weighted by Gasteiger charge is 2.27. The number of benzene rings is 2. The van der Waals surface area contributed by atoms with Crippen LogP contribution in [0, 0.1) is 0 Å². The SMILES string of the molecule is COc1ccccc1-n1nnnc1SC(C)C(=O)N1CCc2ccccc2C1. The third kappa shape index (κ3) is 3.60. The van der Waals surface area contributed by atoms with Crippen LogP contribution in [0.15, 0.2) is 53.7 Å². The summed E-state index contributed by atoms with van der Waals surface area (Å²) in [6.07, 6.45) is 0.887. The first-order valence-corrected chi connectivity index (χ1v) is 9.99. The Hall–Kier alpha value is -2.87. The highest BCUT2D eigenvalue weighted by Crippen LogP contribution is 2.29. The van der Waals surface area contributed by atoms with Crippen LogP contribution < -0.4 is 4.74 Å². The van der Waals surface area contributed by atoms with E-state index in [4.69, 9.17) is 4.74 Å². The van der Waals surface area contributed by atoms with Gasteiger partial charge in [0.15, 0.2) is 0 Å². The molecule has 4 rings (SSSR count). The molecule has 1 unspecified atom stereocenters. The minimum Gasteiger partial charge on any atom is -0.494 e. The molecular weight excluding hydrogens is 374 g/mol. The lowest BCUT2D eigenvalue weighted by Crippen LogP contribution is -2.40. The Morgan fingerprint density at radius 3 is 2.71 bits per heavy atom. The number of hydrogen-bond donors (Lipinski definition) is 0. The molecule has 1 aromatic heterocycles. The predicted molar refractivity (Wildman–Crippen MR) is 107 cm³/mol. The van der Waals surface area contributed by atoms with Gasteiger partial charge in [-0.2, -0.15) is 4.68 Å². The summed E-state index contributed by atoms with van der Waals surface area (Å²) >= 11 is 1.35. The van der Waals surface area contributed by atoms with E-state index < -0.39 is 0 Å². The smallest absolute Gasteiger partial charge is 0.236 e. The van der Waals surface area contributed by atoms with E-state index in [1.165, 1.54) is 22.9 Å². The van der Waals surface area contributed by atoms with Gasteiger partial charge in [-0.3, -0.25) is 4.79 Å². The van der Waals surface area contributed by atoms with Crippen molar-refractivity contribution in [3.63, 3.8) is 0 Å². The summed E-state index contributed by atoms with van der Waals surface area (Å²) in [5.41, 5.74) is 3.29. The maximum absolute atomic E-state index is 13.0. The molecule has 144 valence electrons. The number of thioether (sulfide) groups is 1. The van der Waals surface area contributed by atoms with E-state index in [-0.39, 0.29) is 11.2 Å². The van der Waals surface area contributed by atoms with E-state index in [0.29, 0.717) is 17.5 Å². The van der Waals surface area contributed by atoms with Crippen molar-refractivity contribution in [2.24, 2.45) is 0 Å². The summed E-state index contributed by atoms with van der Waals surface area (Å²) in [7, 11) is 1.61. The minimum absolute atomic E-state index is 0.0917. The van der Waals surface area contributed by atoms with Crippen molar-refractivity contribution < 1.29 is 9.53 Å². The molecule has 2 heterocycles. The number of fused-ring (bicyclic) bond motifs is 1. The van der Waals surface area contributed by atoms with E-state index >= 15 is 0 Å². The Bertz CT molecular complexity index is 990. The van der Waals surface area contributed by atoms with Gasteiger partial charge in [0, 0.05) is 13.1 Å². The summed E-state index contributed by atoms with van der Waals surface area (Å²) in [6, 6.07) is 15.8. The van der Waals surface area contributed by atoms with Gasteiger partial charge in [-0.05, 0) is 47.0 Å². The number of tetrazole rings is 1. The molecule has 0 aliphatic carbocycles. The summed E-state index contributed by atoms with van der Waals surface area (Å²) in [5.74, 6) is 0.761. The molecule has 2 aromatic carbocycles. The Morgan fingerprint density at radius 2 is 1.89 bits per heavy atom. The third-order valence-corrected chi connectivity index (χ3v) is 5.85. The number of hydrogen-bond acceptors (Lipinski definition) is 6. The number of carbonyl (C=O) groups is 1. The second-order valence-electron chi connectivity index (χ2n) is 6.58. The highest BCUT2D eigenvalue weighted by atomic mass is 32.2. The number of aromatic nitrogens is 4. The zero-order valence-electron chi connectivity index (χ0n) is 15.8. The lowest BCUT2D eigenvalue weighted by atomic mass is 10.00. The van der Waals surface area contributed by atoms with Crippen molar-refractivity contribution in [1.82, 2.24) is 25.1 Å². The molecule has 0 saturated heterocycles. The molecule has 1 amide bonds. The van der Waals surface area contributed by atoms with Gasteiger partial charge in [0.25, 0.3) is 0 Å². The molecule has 1 atom stereocenters. The number of para-hydroxylation sites is 2. The third-order valence-electron chi connectivity index (χ3n) is 4.83. The lowest BCUT2D eigenvalue weighted by Gasteiger charge is -2.30. The van der Waals surface area contributed by atoms with Crippen LogP contribution in [0.4, 0.5) is 0 Å². The quantitative estimate of drug-likeness (QED) is 0.619. The molecule has 1 aliphatic heterocycles. The van der Waals surface area contributed by atoms with Gasteiger partial charge in [-0.25, -0.2) is 0 Å². The molecule has 1 aliphatic rings. The fourth-order valence-electron chi connectivity index (χ4n) is 3.36. The first-order chi connectivity index (χ1) is 13.7. The molecule has 0 bridgehead atoms. The number of nitrogens with zero attached hydrogens (tertiary/aromatic N) is 5. The first kappa shape index (κ1) is 18.5. The van der Waals surface area contributed by atoms with Crippen LogP contribution in [0.25, 0.3) is 5.69 Å². The van der Waals surface area contributed by atoms with Gasteiger partial charge < -0.3 is 9.64 Å². The average Bonchev–Trinajstić information content (AvgIpc) is 3.20. The number of methoxy groups -OCH3 is 1. The van der Waals surface area contributed by atoms with E-state index in [9.17, 15) is 4.79 Å². The molecule has 8 heteroatoms. The van der Waals surface area contributed by atoms with Crippen molar-refractivity contribution in [1.29, 1.82) is 0 Å². The van der Waals surface area contributed by atoms with Crippen molar-refractivity contribution in [2.45, 2.75) is 30.3 Å². The number of rotatable bonds is 5. The van der Waals surface area contributed by atoms with Crippen LogP contribution >= 0.6 is 11.8 Å². The van der Waals surface area contributed by atoms with Crippen molar-refractivity contribution in [3.8, 4) is 11.4 Å². The Labute approximate surface area is 167 Å². The van der Waals surface area contributed by atoms with Gasteiger partial charge in [-0.15, -0.1) is 5.10 Å². The Morgan fingerprint density at radius 1 is 1.14 bits per heavy atom. The van der Waals surface area contributed by atoms with Gasteiger partial charge in [-0.1, -0.05) is 48.2 Å². The summed E-state index contributed by atoms with van der Waals surface area (Å²) in [5, 5.41) is 12.2. The second-order valence-corrected chi connectivity index (χ2v) is 7.89. The van der Waals surface area contributed by atoms with Crippen LogP contribution in [0.5, 0.6) is 5.75 Å². The molecule has 0 radical (unpaired) electrons. The normalized spacial score (nSPS) is 14.4. The molecule has 7 nitrogen and oxygen atoms in total. The van der Waals surface area contributed by atoms with Crippen molar-refractivity contribution in [2.75, 3.05) is 13.7 Å². The average molecular weight is 395 g/mol. The lowest BCUT2D eigenvalue weighted by molar-refractivity contribution is -0.131. The largest absolute Gasteiger partial charge is 0.494 e. The van der Waals surface area contributed by atoms with Gasteiger partial charge in [0.1, 0.15) is 11.4 Å². The fraction of sp³-hybridized carbons (Fsp3) is 0.300. The molecule has 3 aromatic rings. The van der Waals surface area contributed by atoms with Gasteiger partial charge >= 0.3 is 0 Å². The number of carbonyl (C=O) groups excluding carboxylic acids is 1. The maximum Gasteiger partial charge on any atom is 0.236 e. The van der Waals surface area contributed by atoms with E-state index in [2.05, 4.69) is 27.7 Å². The molecule has 0 saturated carbocycles. The summed E-state index contributed by atoms with van der Waals surface area (Å²) < 4.78 is 7.01.